The summed E-state index contributed by atoms with van der Waals surface area (Å²) < 4.78 is 1.58. The van der Waals surface area contributed by atoms with Gasteiger partial charge in [0, 0.05) is 17.6 Å². The number of aromatic hydroxyl groups is 1. The molecule has 5 rings (SSSR count). The van der Waals surface area contributed by atoms with E-state index in [1.165, 1.54) is 0 Å². The number of imidazole rings is 1. The second-order valence-electron chi connectivity index (χ2n) is 7.79. The van der Waals surface area contributed by atoms with Crippen molar-refractivity contribution in [1.29, 1.82) is 0 Å². The lowest BCUT2D eigenvalue weighted by atomic mass is 10.0. The summed E-state index contributed by atoms with van der Waals surface area (Å²) in [6.45, 7) is 2.13. The predicted molar refractivity (Wildman–Crippen MR) is 117 cm³/mol. The molecular formula is C21H23N9O2. The summed E-state index contributed by atoms with van der Waals surface area (Å²) in [5, 5.41) is 18.4. The van der Waals surface area contributed by atoms with Crippen LogP contribution in [0, 0.1) is 0 Å². The van der Waals surface area contributed by atoms with Gasteiger partial charge in [0.1, 0.15) is 5.69 Å². The van der Waals surface area contributed by atoms with Crippen LogP contribution in [-0.4, -0.2) is 45.7 Å². The Balaban J connectivity index is 1.63. The Morgan fingerprint density at radius 1 is 1.31 bits per heavy atom. The summed E-state index contributed by atoms with van der Waals surface area (Å²) in [5.41, 5.74) is 1.84. The Hall–Kier alpha value is -4.02. The van der Waals surface area contributed by atoms with Crippen LogP contribution in [0.2, 0.25) is 0 Å². The van der Waals surface area contributed by atoms with Gasteiger partial charge in [0.05, 0.1) is 18.3 Å². The third kappa shape index (κ3) is 4.09. The Morgan fingerprint density at radius 3 is 2.81 bits per heavy atom. The van der Waals surface area contributed by atoms with E-state index in [0.29, 0.717) is 22.4 Å². The zero-order chi connectivity index (χ0) is 22.1. The second-order valence-corrected chi connectivity index (χ2v) is 7.79. The Kier molecular flexibility index (Phi) is 5.13. The summed E-state index contributed by atoms with van der Waals surface area (Å²) >= 11 is 0. The van der Waals surface area contributed by atoms with Gasteiger partial charge in [0.15, 0.2) is 5.65 Å². The maximum absolute atomic E-state index is 11.5. The summed E-state index contributed by atoms with van der Waals surface area (Å²) in [6.07, 6.45) is 10.7. The van der Waals surface area contributed by atoms with E-state index >= 15 is 0 Å². The quantitative estimate of drug-likeness (QED) is 0.337. The zero-order valence-corrected chi connectivity index (χ0v) is 17.5. The maximum atomic E-state index is 11.5. The van der Waals surface area contributed by atoms with Crippen LogP contribution >= 0.6 is 0 Å². The van der Waals surface area contributed by atoms with Gasteiger partial charge < -0.3 is 15.4 Å². The number of fused-ring (bicyclic) bond motifs is 1. The van der Waals surface area contributed by atoms with E-state index in [1.807, 2.05) is 12.1 Å². The summed E-state index contributed by atoms with van der Waals surface area (Å²) in [6, 6.07) is 4.21. The minimum absolute atomic E-state index is 0.0136. The molecule has 1 saturated carbocycles. The van der Waals surface area contributed by atoms with E-state index in [9.17, 15) is 9.90 Å². The average Bonchev–Trinajstić information content (AvgIpc) is 3.42. The van der Waals surface area contributed by atoms with Crippen molar-refractivity contribution in [2.45, 2.75) is 44.7 Å². The number of nitrogens with one attached hydrogen (secondary N) is 3. The molecule has 0 amide bonds. The highest BCUT2D eigenvalue weighted by Crippen LogP contribution is 2.23. The maximum Gasteiger partial charge on any atom is 0.326 e. The van der Waals surface area contributed by atoms with Crippen LogP contribution in [0.1, 0.15) is 49.9 Å². The van der Waals surface area contributed by atoms with Crippen LogP contribution in [-0.2, 0) is 0 Å². The number of aromatic nitrogens is 7. The molecule has 0 spiro atoms. The van der Waals surface area contributed by atoms with E-state index in [1.54, 1.807) is 29.2 Å². The van der Waals surface area contributed by atoms with E-state index in [4.69, 9.17) is 9.98 Å². The number of hydrogen-bond donors (Lipinski definition) is 4. The molecule has 4 aromatic rings. The predicted octanol–water partition coefficient (Wildman–Crippen LogP) is 0.805. The SMILES string of the molecule is CCCC(Nc1nc(=NC2CC2)n2ncc(=Cc3[nH]c(=O)[nH]c3O)c2n1)c1ccncc1. The summed E-state index contributed by atoms with van der Waals surface area (Å²) in [7, 11) is 0. The molecule has 4 aromatic heterocycles. The lowest BCUT2D eigenvalue weighted by Crippen LogP contribution is -2.26. The third-order valence-corrected chi connectivity index (χ3v) is 5.25. The fourth-order valence-corrected chi connectivity index (χ4v) is 3.51. The Labute approximate surface area is 182 Å². The number of hydrogen-bond acceptors (Lipinski definition) is 8. The van der Waals surface area contributed by atoms with Crippen molar-refractivity contribution in [3.63, 3.8) is 0 Å². The van der Waals surface area contributed by atoms with Gasteiger partial charge in [-0.2, -0.15) is 19.6 Å². The van der Waals surface area contributed by atoms with Crippen LogP contribution in [0.15, 0.2) is 40.5 Å². The number of anilines is 1. The molecule has 4 N–H and O–H groups in total. The molecule has 4 heterocycles. The fourth-order valence-electron chi connectivity index (χ4n) is 3.51. The zero-order valence-electron chi connectivity index (χ0n) is 17.5. The van der Waals surface area contributed by atoms with Crippen molar-refractivity contribution in [3.8, 4) is 5.88 Å². The monoisotopic (exact) mass is 433 g/mol. The van der Waals surface area contributed by atoms with Gasteiger partial charge in [-0.05, 0) is 43.0 Å². The van der Waals surface area contributed by atoms with Gasteiger partial charge >= 0.3 is 5.69 Å². The molecule has 0 radical (unpaired) electrons. The number of nitrogens with zero attached hydrogens (tertiary/aromatic N) is 6. The number of rotatable bonds is 7. The minimum Gasteiger partial charge on any atom is -0.493 e. The molecule has 0 saturated heterocycles. The first-order valence-electron chi connectivity index (χ1n) is 10.6. The van der Waals surface area contributed by atoms with Crippen molar-refractivity contribution in [3.05, 3.63) is 63.3 Å². The van der Waals surface area contributed by atoms with E-state index in [0.717, 1.165) is 31.2 Å². The first kappa shape index (κ1) is 19.9. The van der Waals surface area contributed by atoms with Crippen LogP contribution in [0.4, 0.5) is 5.95 Å². The fraction of sp³-hybridized carbons (Fsp3) is 0.333. The van der Waals surface area contributed by atoms with Crippen molar-refractivity contribution >= 4 is 17.7 Å². The topological polar surface area (TPSA) is 149 Å². The van der Waals surface area contributed by atoms with Gasteiger partial charge in [0.2, 0.25) is 11.8 Å². The molecule has 1 unspecified atom stereocenters. The van der Waals surface area contributed by atoms with Crippen LogP contribution in [0.25, 0.3) is 11.7 Å². The molecule has 164 valence electrons. The molecule has 0 aliphatic heterocycles. The largest absolute Gasteiger partial charge is 0.493 e. The van der Waals surface area contributed by atoms with Gasteiger partial charge in [-0.25, -0.2) is 9.79 Å². The lowest BCUT2D eigenvalue weighted by molar-refractivity contribution is 0.454. The average molecular weight is 433 g/mol. The highest BCUT2D eigenvalue weighted by atomic mass is 16.3. The van der Waals surface area contributed by atoms with Crippen LogP contribution < -0.4 is 21.8 Å². The summed E-state index contributed by atoms with van der Waals surface area (Å²) in [5.74, 6) is 0.194. The van der Waals surface area contributed by atoms with Crippen molar-refractivity contribution in [2.75, 3.05) is 5.32 Å². The lowest BCUT2D eigenvalue weighted by Gasteiger charge is -2.18. The van der Waals surface area contributed by atoms with Gasteiger partial charge in [-0.3, -0.25) is 9.97 Å². The van der Waals surface area contributed by atoms with Crippen molar-refractivity contribution in [2.24, 2.45) is 4.99 Å². The smallest absolute Gasteiger partial charge is 0.326 e. The number of H-pyrrole nitrogens is 2. The molecular weight excluding hydrogens is 410 g/mol. The molecule has 1 fully saturated rings. The normalized spacial score (nSPS) is 16.0. The van der Waals surface area contributed by atoms with E-state index < -0.39 is 5.69 Å². The summed E-state index contributed by atoms with van der Waals surface area (Å²) in [4.78, 5) is 34.5. The van der Waals surface area contributed by atoms with Gasteiger partial charge in [-0.1, -0.05) is 13.3 Å². The van der Waals surface area contributed by atoms with Crippen molar-refractivity contribution in [1.82, 2.24) is 34.5 Å². The third-order valence-electron chi connectivity index (χ3n) is 5.25. The first-order chi connectivity index (χ1) is 15.6. The van der Waals surface area contributed by atoms with Crippen LogP contribution in [0.5, 0.6) is 5.88 Å². The number of aromatic amines is 2. The standard InChI is InChI=1S/C21H23N9O2/c1-2-3-15(12-6-8-22-9-7-12)25-19-27-17-13(10-16-18(31)28-21(32)26-16)11-23-30(17)20(29-19)24-14-4-5-14/h6-11,14-15,31H,2-5H2,1H3,(H,24,25,29)(H2,26,28,32). The minimum atomic E-state index is -0.494. The molecule has 11 nitrogen and oxygen atoms in total. The molecule has 0 bridgehead atoms. The second kappa shape index (κ2) is 8.25. The molecule has 1 aliphatic rings. The molecule has 32 heavy (non-hydrogen) atoms. The van der Waals surface area contributed by atoms with Gasteiger partial charge in [0.25, 0.3) is 5.62 Å². The molecule has 0 aromatic carbocycles. The van der Waals surface area contributed by atoms with Gasteiger partial charge in [-0.15, -0.1) is 0 Å². The first-order valence-corrected chi connectivity index (χ1v) is 10.6. The Bertz CT molecular complexity index is 1420. The van der Waals surface area contributed by atoms with E-state index in [-0.39, 0.29) is 23.7 Å². The number of pyridine rings is 1. The van der Waals surface area contributed by atoms with Crippen LogP contribution in [0.3, 0.4) is 0 Å². The molecule has 11 heteroatoms. The Morgan fingerprint density at radius 2 is 2.12 bits per heavy atom. The molecule has 1 atom stereocenters. The highest BCUT2D eigenvalue weighted by Gasteiger charge is 2.21. The van der Waals surface area contributed by atoms with E-state index in [2.05, 4.69) is 37.3 Å². The highest BCUT2D eigenvalue weighted by molar-refractivity contribution is 5.57. The van der Waals surface area contributed by atoms with Crippen molar-refractivity contribution < 1.29 is 5.11 Å². The molecule has 1 aliphatic carbocycles.